The normalized spacial score (nSPS) is 13.8. The van der Waals surface area contributed by atoms with E-state index in [9.17, 15) is 4.79 Å². The molecule has 1 aromatic carbocycles. The lowest BCUT2D eigenvalue weighted by Crippen LogP contribution is -2.18. The van der Waals surface area contributed by atoms with Gasteiger partial charge < -0.3 is 15.2 Å². The van der Waals surface area contributed by atoms with Crippen molar-refractivity contribution in [3.63, 3.8) is 0 Å². The van der Waals surface area contributed by atoms with Crippen LogP contribution in [0.1, 0.15) is 38.8 Å². The molecular formula is C14H21NO3. The summed E-state index contributed by atoms with van der Waals surface area (Å²) in [6.45, 7) is 5.57. The van der Waals surface area contributed by atoms with Crippen LogP contribution in [0.4, 0.5) is 0 Å². The molecule has 0 bridgehead atoms. The average molecular weight is 251 g/mol. The zero-order valence-corrected chi connectivity index (χ0v) is 11.4. The van der Waals surface area contributed by atoms with Gasteiger partial charge in [-0.1, -0.05) is 26.3 Å². The van der Waals surface area contributed by atoms with Gasteiger partial charge in [-0.25, -0.2) is 0 Å². The van der Waals surface area contributed by atoms with Gasteiger partial charge in [0.25, 0.3) is 0 Å². The molecule has 0 amide bonds. The Kier molecular flexibility index (Phi) is 5.16. The fourth-order valence-electron chi connectivity index (χ4n) is 1.71. The number of hydrogen-bond donors (Lipinski definition) is 1. The van der Waals surface area contributed by atoms with Crippen molar-refractivity contribution >= 4 is 5.97 Å². The van der Waals surface area contributed by atoms with Crippen LogP contribution in [0.2, 0.25) is 0 Å². The van der Waals surface area contributed by atoms with Crippen LogP contribution in [-0.4, -0.2) is 13.1 Å². The second kappa shape index (κ2) is 6.40. The van der Waals surface area contributed by atoms with Crippen LogP contribution in [0.5, 0.6) is 11.5 Å². The molecule has 2 N–H and O–H groups in total. The van der Waals surface area contributed by atoms with Gasteiger partial charge in [-0.05, 0) is 23.6 Å². The predicted octanol–water partition coefficient (Wildman–Crippen LogP) is 2.67. The molecule has 1 rings (SSSR count). The fourth-order valence-corrected chi connectivity index (χ4v) is 1.71. The Hall–Kier alpha value is -1.55. The molecule has 0 radical (unpaired) electrons. The van der Waals surface area contributed by atoms with E-state index in [2.05, 4.69) is 13.8 Å². The quantitative estimate of drug-likeness (QED) is 0.645. The van der Waals surface area contributed by atoms with E-state index in [-0.39, 0.29) is 12.0 Å². The van der Waals surface area contributed by atoms with E-state index in [0.717, 1.165) is 12.0 Å². The minimum absolute atomic E-state index is 0.0460. The van der Waals surface area contributed by atoms with Crippen molar-refractivity contribution < 1.29 is 14.3 Å². The van der Waals surface area contributed by atoms with Crippen molar-refractivity contribution in [3.8, 4) is 11.5 Å². The number of carbonyl (C=O) groups excluding carboxylic acids is 1. The predicted molar refractivity (Wildman–Crippen MR) is 70.7 cm³/mol. The topological polar surface area (TPSA) is 61.5 Å². The molecule has 4 nitrogen and oxygen atoms in total. The smallest absolute Gasteiger partial charge is 0.308 e. The Morgan fingerprint density at radius 2 is 2.06 bits per heavy atom. The first kappa shape index (κ1) is 14.5. The maximum Gasteiger partial charge on any atom is 0.308 e. The van der Waals surface area contributed by atoms with Gasteiger partial charge in [0.1, 0.15) is 0 Å². The summed E-state index contributed by atoms with van der Waals surface area (Å²) in [4.78, 5) is 11.0. The number of carbonyl (C=O) groups is 1. The number of benzene rings is 1. The summed E-state index contributed by atoms with van der Waals surface area (Å²) >= 11 is 0. The monoisotopic (exact) mass is 251 g/mol. The molecule has 1 unspecified atom stereocenters. The number of hydrogen-bond acceptors (Lipinski definition) is 4. The highest BCUT2D eigenvalue weighted by Crippen LogP contribution is 2.32. The number of rotatable bonds is 5. The van der Waals surface area contributed by atoms with E-state index in [1.165, 1.54) is 6.92 Å². The highest BCUT2D eigenvalue weighted by atomic mass is 16.6. The van der Waals surface area contributed by atoms with E-state index in [0.29, 0.717) is 17.4 Å². The largest absolute Gasteiger partial charge is 0.493 e. The van der Waals surface area contributed by atoms with Gasteiger partial charge in [-0.15, -0.1) is 0 Å². The van der Waals surface area contributed by atoms with Gasteiger partial charge in [0.2, 0.25) is 0 Å². The third kappa shape index (κ3) is 3.47. The van der Waals surface area contributed by atoms with Crippen molar-refractivity contribution in [3.05, 3.63) is 23.8 Å². The summed E-state index contributed by atoms with van der Waals surface area (Å²) in [6, 6.07) is 5.38. The Labute approximate surface area is 108 Å². The van der Waals surface area contributed by atoms with Crippen LogP contribution in [0.25, 0.3) is 0 Å². The Morgan fingerprint density at radius 3 is 2.56 bits per heavy atom. The lowest BCUT2D eigenvalue weighted by molar-refractivity contribution is -0.132. The first-order chi connectivity index (χ1) is 8.49. The van der Waals surface area contributed by atoms with Crippen molar-refractivity contribution in [1.29, 1.82) is 0 Å². The van der Waals surface area contributed by atoms with Crippen molar-refractivity contribution in [2.24, 2.45) is 11.7 Å². The van der Waals surface area contributed by atoms with E-state index >= 15 is 0 Å². The Morgan fingerprint density at radius 1 is 1.39 bits per heavy atom. The van der Waals surface area contributed by atoms with Gasteiger partial charge in [0.15, 0.2) is 11.5 Å². The maximum absolute atomic E-state index is 11.0. The number of esters is 1. The molecule has 18 heavy (non-hydrogen) atoms. The second-order valence-corrected chi connectivity index (χ2v) is 4.42. The minimum Gasteiger partial charge on any atom is -0.493 e. The zero-order chi connectivity index (χ0) is 13.7. The molecule has 4 heteroatoms. The molecule has 0 heterocycles. The standard InChI is InChI=1S/C14H21NO3/c1-5-9(2)14(15)11-6-7-12(18-10(3)16)13(8-11)17-4/h6-9,14H,5,15H2,1-4H3/t9?,14-/m1/s1. The molecule has 0 saturated heterocycles. The SMILES string of the molecule is CCC(C)[C@@H](N)c1ccc(OC(C)=O)c(OC)c1. The third-order valence-corrected chi connectivity index (χ3v) is 3.08. The summed E-state index contributed by atoms with van der Waals surface area (Å²) in [5.41, 5.74) is 7.14. The molecule has 0 aromatic heterocycles. The highest BCUT2D eigenvalue weighted by molar-refractivity contribution is 5.70. The molecule has 1 aromatic rings. The van der Waals surface area contributed by atoms with E-state index in [1.807, 2.05) is 12.1 Å². The Bertz CT molecular complexity index is 418. The Balaban J connectivity index is 3.01. The summed E-state index contributed by atoms with van der Waals surface area (Å²) < 4.78 is 10.3. The zero-order valence-electron chi connectivity index (χ0n) is 11.4. The third-order valence-electron chi connectivity index (χ3n) is 3.08. The van der Waals surface area contributed by atoms with Crippen LogP contribution < -0.4 is 15.2 Å². The van der Waals surface area contributed by atoms with E-state index < -0.39 is 0 Å². The van der Waals surface area contributed by atoms with Crippen molar-refractivity contribution in [1.82, 2.24) is 0 Å². The number of nitrogens with two attached hydrogens (primary N) is 1. The average Bonchev–Trinajstić information content (AvgIpc) is 2.36. The molecule has 0 fully saturated rings. The van der Waals surface area contributed by atoms with Crippen LogP contribution in [0, 0.1) is 5.92 Å². The van der Waals surface area contributed by atoms with Gasteiger partial charge in [0, 0.05) is 13.0 Å². The van der Waals surface area contributed by atoms with Crippen LogP contribution in [0.3, 0.4) is 0 Å². The van der Waals surface area contributed by atoms with Crippen LogP contribution in [0.15, 0.2) is 18.2 Å². The summed E-state index contributed by atoms with van der Waals surface area (Å²) in [5, 5.41) is 0. The first-order valence-corrected chi connectivity index (χ1v) is 6.11. The molecule has 0 aliphatic heterocycles. The fraction of sp³-hybridized carbons (Fsp3) is 0.500. The van der Waals surface area contributed by atoms with Crippen LogP contribution in [-0.2, 0) is 4.79 Å². The van der Waals surface area contributed by atoms with Gasteiger partial charge in [-0.3, -0.25) is 4.79 Å². The second-order valence-electron chi connectivity index (χ2n) is 4.42. The molecule has 0 saturated carbocycles. The summed E-state index contributed by atoms with van der Waals surface area (Å²) in [5.74, 6) is 0.966. The van der Waals surface area contributed by atoms with Crippen molar-refractivity contribution in [2.75, 3.05) is 7.11 Å². The lowest BCUT2D eigenvalue weighted by Gasteiger charge is -2.20. The maximum atomic E-state index is 11.0. The lowest BCUT2D eigenvalue weighted by atomic mass is 9.93. The number of ether oxygens (including phenoxy) is 2. The molecular weight excluding hydrogens is 230 g/mol. The molecule has 0 spiro atoms. The van der Waals surface area contributed by atoms with E-state index in [4.69, 9.17) is 15.2 Å². The van der Waals surface area contributed by atoms with Gasteiger partial charge >= 0.3 is 5.97 Å². The summed E-state index contributed by atoms with van der Waals surface area (Å²) in [7, 11) is 1.54. The minimum atomic E-state index is -0.368. The first-order valence-electron chi connectivity index (χ1n) is 6.11. The summed E-state index contributed by atoms with van der Waals surface area (Å²) in [6.07, 6.45) is 1.01. The van der Waals surface area contributed by atoms with Gasteiger partial charge in [0.05, 0.1) is 7.11 Å². The van der Waals surface area contributed by atoms with Gasteiger partial charge in [-0.2, -0.15) is 0 Å². The van der Waals surface area contributed by atoms with Crippen molar-refractivity contribution in [2.45, 2.75) is 33.2 Å². The number of methoxy groups -OCH3 is 1. The molecule has 100 valence electrons. The molecule has 2 atom stereocenters. The molecule has 0 aliphatic rings. The molecule has 0 aliphatic carbocycles. The highest BCUT2D eigenvalue weighted by Gasteiger charge is 2.16. The van der Waals surface area contributed by atoms with E-state index in [1.54, 1.807) is 13.2 Å². The van der Waals surface area contributed by atoms with Crippen LogP contribution >= 0.6 is 0 Å².